The number of ether oxygens (including phenoxy) is 1. The van der Waals surface area contributed by atoms with E-state index in [-0.39, 0.29) is 5.41 Å². The van der Waals surface area contributed by atoms with Gasteiger partial charge in [-0.25, -0.2) is 0 Å². The summed E-state index contributed by atoms with van der Waals surface area (Å²) in [7, 11) is 0. The lowest BCUT2D eigenvalue weighted by Crippen LogP contribution is -2.40. The zero-order valence-corrected chi connectivity index (χ0v) is 11.6. The van der Waals surface area contributed by atoms with Gasteiger partial charge in [0.05, 0.1) is 10.4 Å². The van der Waals surface area contributed by atoms with Crippen LogP contribution in [0.15, 0.2) is 22.9 Å². The molecule has 1 fully saturated rings. The van der Waals surface area contributed by atoms with Crippen molar-refractivity contribution in [2.24, 2.45) is 5.73 Å². The molecule has 2 N–H and O–H groups in total. The molecule has 0 aliphatic carbocycles. The van der Waals surface area contributed by atoms with Crippen molar-refractivity contribution in [1.82, 2.24) is 15.1 Å². The van der Waals surface area contributed by atoms with Crippen LogP contribution in [0.5, 0.6) is 0 Å². The lowest BCUT2D eigenvalue weighted by Gasteiger charge is -2.32. The third kappa shape index (κ3) is 2.30. The van der Waals surface area contributed by atoms with Gasteiger partial charge in [-0.3, -0.25) is 4.98 Å². The Labute approximate surface area is 121 Å². The molecule has 106 valence electrons. The first kappa shape index (κ1) is 13.5. The largest absolute Gasteiger partial charge is 0.381 e. The molecule has 0 radical (unpaired) electrons. The predicted molar refractivity (Wildman–Crippen MR) is 73.3 cm³/mol. The van der Waals surface area contributed by atoms with Gasteiger partial charge in [0.2, 0.25) is 11.7 Å². The zero-order chi connectivity index (χ0) is 14.0. The first-order chi connectivity index (χ1) is 9.75. The molecule has 0 bridgehead atoms. The van der Waals surface area contributed by atoms with E-state index in [1.807, 2.05) is 0 Å². The molecule has 7 heteroatoms. The minimum atomic E-state index is -0.301. The van der Waals surface area contributed by atoms with Crippen molar-refractivity contribution in [1.29, 1.82) is 0 Å². The monoisotopic (exact) mass is 294 g/mol. The third-order valence-electron chi connectivity index (χ3n) is 3.69. The number of aromatic nitrogens is 3. The topological polar surface area (TPSA) is 87.1 Å². The Kier molecular flexibility index (Phi) is 3.69. The Balaban J connectivity index is 1.95. The molecule has 0 unspecified atom stereocenters. The van der Waals surface area contributed by atoms with E-state index in [0.717, 1.165) is 12.8 Å². The molecule has 2 aromatic heterocycles. The van der Waals surface area contributed by atoms with Gasteiger partial charge in [0.25, 0.3) is 0 Å². The molecule has 0 atom stereocenters. The smallest absolute Gasteiger partial charge is 0.234 e. The molecular formula is C13H15ClN4O2. The van der Waals surface area contributed by atoms with Crippen LogP contribution in [0.3, 0.4) is 0 Å². The maximum atomic E-state index is 6.09. The summed E-state index contributed by atoms with van der Waals surface area (Å²) in [5, 5.41) is 4.48. The van der Waals surface area contributed by atoms with Gasteiger partial charge in [0, 0.05) is 26.0 Å². The van der Waals surface area contributed by atoms with Crippen LogP contribution in [-0.2, 0) is 10.2 Å². The normalized spacial score (nSPS) is 18.1. The minimum Gasteiger partial charge on any atom is -0.381 e. The lowest BCUT2D eigenvalue weighted by molar-refractivity contribution is 0.0409. The van der Waals surface area contributed by atoms with Gasteiger partial charge >= 0.3 is 0 Å². The van der Waals surface area contributed by atoms with Crippen LogP contribution < -0.4 is 5.73 Å². The van der Waals surface area contributed by atoms with Crippen molar-refractivity contribution >= 4 is 11.6 Å². The number of hydrogen-bond acceptors (Lipinski definition) is 6. The summed E-state index contributed by atoms with van der Waals surface area (Å²) in [4.78, 5) is 8.63. The predicted octanol–water partition coefficient (Wildman–Crippen LogP) is 1.79. The average Bonchev–Trinajstić information content (AvgIpc) is 2.98. The Hall–Kier alpha value is -1.50. The summed E-state index contributed by atoms with van der Waals surface area (Å²) < 4.78 is 10.8. The summed E-state index contributed by atoms with van der Waals surface area (Å²) in [5.41, 5.74) is 6.14. The Bertz CT molecular complexity index is 596. The molecule has 1 aliphatic heterocycles. The summed E-state index contributed by atoms with van der Waals surface area (Å²) in [6.45, 7) is 1.76. The fraction of sp³-hybridized carbons (Fsp3) is 0.462. The standard InChI is InChI=1S/C13H15ClN4O2/c14-9-2-1-5-16-10(9)11-17-12(20-18-11)13(8-15)3-6-19-7-4-13/h1-2,5H,3-4,6-8,15H2. The highest BCUT2D eigenvalue weighted by molar-refractivity contribution is 6.32. The SMILES string of the molecule is NCC1(c2nc(-c3ncccc3Cl)no2)CCOCC1. The molecule has 3 heterocycles. The fourth-order valence-electron chi connectivity index (χ4n) is 2.35. The van der Waals surface area contributed by atoms with Gasteiger partial charge in [-0.15, -0.1) is 0 Å². The molecule has 6 nitrogen and oxygen atoms in total. The second-order valence-electron chi connectivity index (χ2n) is 4.85. The van der Waals surface area contributed by atoms with Gasteiger partial charge < -0.3 is 15.0 Å². The Morgan fingerprint density at radius 3 is 2.85 bits per heavy atom. The molecule has 1 saturated heterocycles. The molecule has 0 saturated carbocycles. The Morgan fingerprint density at radius 1 is 1.35 bits per heavy atom. The highest BCUT2D eigenvalue weighted by Gasteiger charge is 2.38. The number of nitrogens with two attached hydrogens (primary N) is 1. The molecule has 0 amide bonds. The second-order valence-corrected chi connectivity index (χ2v) is 5.26. The maximum Gasteiger partial charge on any atom is 0.234 e. The van der Waals surface area contributed by atoms with E-state index < -0.39 is 0 Å². The number of nitrogens with zero attached hydrogens (tertiary/aromatic N) is 3. The lowest BCUT2D eigenvalue weighted by atomic mass is 9.80. The van der Waals surface area contributed by atoms with E-state index in [2.05, 4.69) is 15.1 Å². The van der Waals surface area contributed by atoms with Gasteiger partial charge in [0.1, 0.15) is 5.69 Å². The van der Waals surface area contributed by atoms with E-state index in [9.17, 15) is 0 Å². The quantitative estimate of drug-likeness (QED) is 0.928. The average molecular weight is 295 g/mol. The molecule has 0 aromatic carbocycles. The molecule has 2 aromatic rings. The summed E-state index contributed by atoms with van der Waals surface area (Å²) in [5.74, 6) is 0.935. The second kappa shape index (κ2) is 5.47. The van der Waals surface area contributed by atoms with Gasteiger partial charge in [-0.1, -0.05) is 16.8 Å². The van der Waals surface area contributed by atoms with Crippen molar-refractivity contribution in [2.75, 3.05) is 19.8 Å². The zero-order valence-electron chi connectivity index (χ0n) is 10.9. The van der Waals surface area contributed by atoms with E-state index in [4.69, 9.17) is 26.6 Å². The number of pyridine rings is 1. The van der Waals surface area contributed by atoms with Crippen molar-refractivity contribution in [2.45, 2.75) is 18.3 Å². The Morgan fingerprint density at radius 2 is 2.15 bits per heavy atom. The van der Waals surface area contributed by atoms with Crippen LogP contribution in [0.2, 0.25) is 5.02 Å². The summed E-state index contributed by atoms with van der Waals surface area (Å²) >= 11 is 6.09. The molecule has 1 aliphatic rings. The van der Waals surface area contributed by atoms with Gasteiger partial charge in [0.15, 0.2) is 0 Å². The van der Waals surface area contributed by atoms with Crippen LogP contribution >= 0.6 is 11.6 Å². The first-order valence-corrected chi connectivity index (χ1v) is 6.86. The fourth-order valence-corrected chi connectivity index (χ4v) is 2.56. The first-order valence-electron chi connectivity index (χ1n) is 6.48. The summed E-state index contributed by atoms with van der Waals surface area (Å²) in [6.07, 6.45) is 3.20. The van der Waals surface area contributed by atoms with E-state index >= 15 is 0 Å². The molecular weight excluding hydrogens is 280 g/mol. The van der Waals surface area contributed by atoms with Crippen molar-refractivity contribution < 1.29 is 9.26 Å². The van der Waals surface area contributed by atoms with Crippen LogP contribution in [-0.4, -0.2) is 34.9 Å². The number of hydrogen-bond donors (Lipinski definition) is 1. The van der Waals surface area contributed by atoms with Gasteiger partial charge in [-0.2, -0.15) is 4.98 Å². The molecule has 3 rings (SSSR count). The van der Waals surface area contributed by atoms with E-state index in [1.165, 1.54) is 0 Å². The van der Waals surface area contributed by atoms with Crippen LogP contribution in [0, 0.1) is 0 Å². The maximum absolute atomic E-state index is 6.09. The minimum absolute atomic E-state index is 0.301. The van der Waals surface area contributed by atoms with E-state index in [0.29, 0.717) is 42.2 Å². The van der Waals surface area contributed by atoms with Crippen molar-refractivity contribution in [3.05, 3.63) is 29.2 Å². The van der Waals surface area contributed by atoms with Crippen molar-refractivity contribution in [3.8, 4) is 11.5 Å². The highest BCUT2D eigenvalue weighted by atomic mass is 35.5. The summed E-state index contributed by atoms with van der Waals surface area (Å²) in [6, 6.07) is 3.50. The van der Waals surface area contributed by atoms with Gasteiger partial charge in [-0.05, 0) is 25.0 Å². The van der Waals surface area contributed by atoms with Crippen LogP contribution in [0.4, 0.5) is 0 Å². The van der Waals surface area contributed by atoms with Crippen molar-refractivity contribution in [3.63, 3.8) is 0 Å². The number of rotatable bonds is 3. The third-order valence-corrected chi connectivity index (χ3v) is 4.00. The molecule has 20 heavy (non-hydrogen) atoms. The van der Waals surface area contributed by atoms with Crippen LogP contribution in [0.1, 0.15) is 18.7 Å². The number of halogens is 1. The van der Waals surface area contributed by atoms with Crippen LogP contribution in [0.25, 0.3) is 11.5 Å². The van der Waals surface area contributed by atoms with E-state index in [1.54, 1.807) is 18.3 Å². The molecule has 0 spiro atoms. The highest BCUT2D eigenvalue weighted by Crippen LogP contribution is 2.34.